The number of hydrogen-bond donors (Lipinski definition) is 1. The molecule has 0 unspecified atom stereocenters. The molecule has 1 amide bonds. The van der Waals surface area contributed by atoms with Gasteiger partial charge in [0.25, 0.3) is 15.9 Å². The number of amides is 1. The molecule has 0 spiro atoms. The first-order chi connectivity index (χ1) is 16.7. The molecule has 1 N–H and O–H groups in total. The number of anilines is 1. The fourth-order valence-corrected chi connectivity index (χ4v) is 4.78. The summed E-state index contributed by atoms with van der Waals surface area (Å²) in [6, 6.07) is 18.7. The third-order valence-electron chi connectivity index (χ3n) is 5.04. The number of methoxy groups -OCH3 is 2. The average molecular weight is 515 g/mol. The van der Waals surface area contributed by atoms with E-state index in [9.17, 15) is 18.0 Å². The van der Waals surface area contributed by atoms with E-state index in [1.165, 1.54) is 37.4 Å². The molecule has 0 aromatic heterocycles. The third kappa shape index (κ3) is 6.00. The van der Waals surface area contributed by atoms with E-state index in [4.69, 9.17) is 21.1 Å². The number of carbonyl (C=O) groups is 2. The minimum Gasteiger partial charge on any atom is -0.497 e. The van der Waals surface area contributed by atoms with Gasteiger partial charge in [-0.25, -0.2) is 13.2 Å². The lowest BCUT2D eigenvalue weighted by Crippen LogP contribution is -2.33. The van der Waals surface area contributed by atoms with E-state index >= 15 is 0 Å². The number of halogens is 1. The van der Waals surface area contributed by atoms with Crippen molar-refractivity contribution in [2.75, 3.05) is 19.5 Å². The number of carbonyl (C=O) groups excluding carboxylic acids is 2. The van der Waals surface area contributed by atoms with Gasteiger partial charge < -0.3 is 14.8 Å². The van der Waals surface area contributed by atoms with Gasteiger partial charge in [0.2, 0.25) is 0 Å². The van der Waals surface area contributed by atoms with Gasteiger partial charge in [-0.05, 0) is 54.1 Å². The van der Waals surface area contributed by atoms with Crippen molar-refractivity contribution in [1.82, 2.24) is 4.31 Å². The molecule has 182 valence electrons. The quantitative estimate of drug-likeness (QED) is 0.334. The third-order valence-corrected chi connectivity index (χ3v) is 7.07. The number of rotatable bonds is 9. The lowest BCUT2D eigenvalue weighted by Gasteiger charge is -2.26. The highest BCUT2D eigenvalue weighted by Gasteiger charge is 2.30. The highest BCUT2D eigenvalue weighted by molar-refractivity contribution is 7.89. The van der Waals surface area contributed by atoms with Crippen LogP contribution in [0.2, 0.25) is 5.02 Å². The molecule has 0 saturated carbocycles. The number of sulfonamides is 1. The first kappa shape index (κ1) is 25.8. The van der Waals surface area contributed by atoms with E-state index in [0.29, 0.717) is 27.6 Å². The van der Waals surface area contributed by atoms with E-state index in [-0.39, 0.29) is 17.1 Å². The maximum absolute atomic E-state index is 13.5. The second-order valence-corrected chi connectivity index (χ2v) is 9.55. The molecule has 3 aromatic carbocycles. The minimum absolute atomic E-state index is 0.0798. The summed E-state index contributed by atoms with van der Waals surface area (Å²) in [7, 11) is -1.64. The number of benzene rings is 3. The molecule has 35 heavy (non-hydrogen) atoms. The summed E-state index contributed by atoms with van der Waals surface area (Å²) in [5.74, 6) is -0.879. The molecule has 8 nitrogen and oxygen atoms in total. The Bertz CT molecular complexity index is 1360. The molecule has 10 heteroatoms. The smallest absolute Gasteiger partial charge is 0.354 e. The average Bonchev–Trinajstić information content (AvgIpc) is 2.87. The van der Waals surface area contributed by atoms with Gasteiger partial charge in [0.15, 0.2) is 0 Å². The summed E-state index contributed by atoms with van der Waals surface area (Å²) in [5.41, 5.74) is 0.711. The molecule has 0 saturated heterocycles. The van der Waals surface area contributed by atoms with Gasteiger partial charge in [-0.1, -0.05) is 42.4 Å². The van der Waals surface area contributed by atoms with E-state index in [0.717, 1.165) is 11.4 Å². The van der Waals surface area contributed by atoms with E-state index in [2.05, 4.69) is 11.9 Å². The minimum atomic E-state index is -4.23. The Balaban J connectivity index is 1.98. The molecular weight excluding hydrogens is 492 g/mol. The summed E-state index contributed by atoms with van der Waals surface area (Å²) < 4.78 is 37.7. The van der Waals surface area contributed by atoms with Gasteiger partial charge in [0.1, 0.15) is 11.4 Å². The van der Waals surface area contributed by atoms with Crippen molar-refractivity contribution in [3.05, 3.63) is 101 Å². The van der Waals surface area contributed by atoms with Crippen molar-refractivity contribution >= 4 is 39.2 Å². The number of ether oxygens (including phenoxy) is 2. The van der Waals surface area contributed by atoms with Crippen molar-refractivity contribution in [3.63, 3.8) is 0 Å². The topological polar surface area (TPSA) is 102 Å². The number of nitrogens with one attached hydrogen (secondary N) is 1. The van der Waals surface area contributed by atoms with Crippen LogP contribution in [0.1, 0.15) is 15.9 Å². The molecule has 0 atom stereocenters. The zero-order valence-corrected chi connectivity index (χ0v) is 20.6. The van der Waals surface area contributed by atoms with Gasteiger partial charge in [-0.2, -0.15) is 0 Å². The summed E-state index contributed by atoms with van der Waals surface area (Å²) in [6.45, 7) is 3.34. The second-order valence-electron chi connectivity index (χ2n) is 7.25. The fourth-order valence-electron chi connectivity index (χ4n) is 3.18. The summed E-state index contributed by atoms with van der Waals surface area (Å²) in [4.78, 5) is 25.0. The molecular formula is C25H23ClN2O6S. The van der Waals surface area contributed by atoms with E-state index < -0.39 is 21.9 Å². The maximum Gasteiger partial charge on any atom is 0.354 e. The van der Waals surface area contributed by atoms with Crippen molar-refractivity contribution < 1.29 is 27.5 Å². The Morgan fingerprint density at radius 1 is 1.00 bits per heavy atom. The second kappa shape index (κ2) is 11.1. The van der Waals surface area contributed by atoms with E-state index in [1.807, 2.05) is 0 Å². The lowest BCUT2D eigenvalue weighted by molar-refractivity contribution is -0.137. The van der Waals surface area contributed by atoms with Crippen molar-refractivity contribution in [2.45, 2.75) is 11.4 Å². The first-order valence-electron chi connectivity index (χ1n) is 10.3. The van der Waals surface area contributed by atoms with Crippen LogP contribution in [0, 0.1) is 0 Å². The molecule has 0 bridgehead atoms. The normalized spacial score (nSPS) is 10.8. The van der Waals surface area contributed by atoms with Gasteiger partial charge in [0, 0.05) is 16.3 Å². The van der Waals surface area contributed by atoms with Crippen LogP contribution in [0.4, 0.5) is 5.69 Å². The Morgan fingerprint density at radius 3 is 2.31 bits per heavy atom. The van der Waals surface area contributed by atoms with Gasteiger partial charge >= 0.3 is 5.97 Å². The molecule has 0 aliphatic heterocycles. The fraction of sp³-hybridized carbons (Fsp3) is 0.120. The van der Waals surface area contributed by atoms with Crippen LogP contribution in [-0.4, -0.2) is 38.8 Å². The Morgan fingerprint density at radius 2 is 1.69 bits per heavy atom. The first-order valence-corrected chi connectivity index (χ1v) is 12.1. The van der Waals surface area contributed by atoms with Gasteiger partial charge in [-0.15, -0.1) is 0 Å². The summed E-state index contributed by atoms with van der Waals surface area (Å²) >= 11 is 5.98. The Kier molecular flexibility index (Phi) is 8.16. The van der Waals surface area contributed by atoms with Crippen LogP contribution in [0.15, 0.2) is 90.0 Å². The zero-order valence-electron chi connectivity index (χ0n) is 19.0. The largest absolute Gasteiger partial charge is 0.497 e. The summed E-state index contributed by atoms with van der Waals surface area (Å²) in [5, 5.41) is 3.17. The highest BCUT2D eigenvalue weighted by atomic mass is 35.5. The van der Waals surface area contributed by atoms with Crippen molar-refractivity contribution in [1.29, 1.82) is 0 Å². The molecule has 0 radical (unpaired) electrons. The van der Waals surface area contributed by atoms with Gasteiger partial charge in [0.05, 0.1) is 25.7 Å². The molecule has 3 rings (SSSR count). The van der Waals surface area contributed by atoms with Crippen molar-refractivity contribution in [3.8, 4) is 5.75 Å². The predicted octanol–water partition coefficient (Wildman–Crippen LogP) is 4.48. The number of para-hydroxylation sites is 1. The Hall–Kier alpha value is -3.82. The maximum atomic E-state index is 13.5. The molecule has 3 aromatic rings. The molecule has 0 heterocycles. The highest BCUT2D eigenvalue weighted by Crippen LogP contribution is 2.27. The lowest BCUT2D eigenvalue weighted by atomic mass is 10.1. The van der Waals surface area contributed by atoms with Crippen LogP contribution in [0.5, 0.6) is 5.75 Å². The van der Waals surface area contributed by atoms with Gasteiger partial charge in [-0.3, -0.25) is 9.10 Å². The van der Waals surface area contributed by atoms with Crippen LogP contribution < -0.4 is 10.1 Å². The van der Waals surface area contributed by atoms with E-state index in [1.54, 1.807) is 42.5 Å². The monoisotopic (exact) mass is 514 g/mol. The Labute approximate surface area is 208 Å². The zero-order chi connectivity index (χ0) is 25.6. The predicted molar refractivity (Wildman–Crippen MR) is 133 cm³/mol. The molecule has 0 fully saturated rings. The van der Waals surface area contributed by atoms with Crippen LogP contribution in [-0.2, 0) is 26.1 Å². The number of hydrogen-bond acceptors (Lipinski definition) is 6. The van der Waals surface area contributed by atoms with Crippen molar-refractivity contribution in [2.24, 2.45) is 0 Å². The molecule has 0 aliphatic carbocycles. The standard InChI is InChI=1S/C25H23ClN2O6S/c1-17(25(30)34-3)28(35(31,32)22-13-11-21(33-2)12-14-22)16-19-7-4-5-10-23(19)27-24(29)18-8-6-9-20(26)15-18/h4-15H,1,16H2,2-3H3,(H,27,29). The number of nitrogens with zero attached hydrogens (tertiary/aromatic N) is 1. The number of esters is 1. The van der Waals surface area contributed by atoms with Crippen LogP contribution >= 0.6 is 11.6 Å². The molecule has 0 aliphatic rings. The van der Waals surface area contributed by atoms with Crippen LogP contribution in [0.25, 0.3) is 0 Å². The van der Waals surface area contributed by atoms with Crippen LogP contribution in [0.3, 0.4) is 0 Å². The SMILES string of the molecule is C=C(C(=O)OC)N(Cc1ccccc1NC(=O)c1cccc(Cl)c1)S(=O)(=O)c1ccc(OC)cc1. The summed E-state index contributed by atoms with van der Waals surface area (Å²) in [6.07, 6.45) is 0.